The number of hydrogen-bond acceptors (Lipinski definition) is 4. The molecule has 1 aliphatic rings. The molecule has 6 nitrogen and oxygen atoms in total. The second-order valence-electron chi connectivity index (χ2n) is 6.62. The van der Waals surface area contributed by atoms with Gasteiger partial charge in [-0.15, -0.1) is 0 Å². The maximum Gasteiger partial charge on any atom is 0.247 e. The molecule has 0 spiro atoms. The fourth-order valence-electron chi connectivity index (χ4n) is 3.25. The number of carbonyl (C=O) groups excluding carboxylic acids is 1. The molecule has 1 unspecified atom stereocenters. The number of hydrogen-bond donors (Lipinski definition) is 0. The first kappa shape index (κ1) is 16.8. The number of rotatable bonds is 3. The summed E-state index contributed by atoms with van der Waals surface area (Å²) in [5.74, 6) is 0.892. The van der Waals surface area contributed by atoms with E-state index in [2.05, 4.69) is 10.3 Å². The Labute approximate surface area is 156 Å². The largest absolute Gasteiger partial charge is 0.360 e. The average Bonchev–Trinajstić information content (AvgIpc) is 3.27. The Bertz CT molecular complexity index is 945. The van der Waals surface area contributed by atoms with E-state index in [1.807, 2.05) is 49.2 Å². The van der Waals surface area contributed by atoms with Gasteiger partial charge in [-0.3, -0.25) is 9.48 Å². The summed E-state index contributed by atoms with van der Waals surface area (Å²) in [5, 5.41) is 9.16. The molecule has 26 heavy (non-hydrogen) atoms. The number of halogens is 1. The predicted molar refractivity (Wildman–Crippen MR) is 97.7 cm³/mol. The Morgan fingerprint density at radius 2 is 2.08 bits per heavy atom. The summed E-state index contributed by atoms with van der Waals surface area (Å²) in [6.45, 7) is 4.94. The van der Waals surface area contributed by atoms with Crippen LogP contribution in [-0.4, -0.2) is 32.3 Å². The molecule has 7 heteroatoms. The van der Waals surface area contributed by atoms with Crippen molar-refractivity contribution in [1.29, 1.82) is 0 Å². The third kappa shape index (κ3) is 3.01. The molecule has 0 aliphatic carbocycles. The molecule has 3 heterocycles. The van der Waals surface area contributed by atoms with Gasteiger partial charge in [0.25, 0.3) is 0 Å². The van der Waals surface area contributed by atoms with Crippen LogP contribution in [0.1, 0.15) is 29.9 Å². The van der Waals surface area contributed by atoms with E-state index in [1.165, 1.54) is 0 Å². The lowest BCUT2D eigenvalue weighted by Gasteiger charge is -2.28. The standard InChI is InChI=1S/C19H19ClN4O2/c1-12-9-21-24(10-12)13(2)19(25)23-8-7-17-16(11-23)18(22-26-17)14-3-5-15(20)6-4-14/h3-6,9-10,13H,7-8,11H2,1-2H3. The topological polar surface area (TPSA) is 64.2 Å². The molecule has 0 saturated heterocycles. The number of carbonyl (C=O) groups is 1. The summed E-state index contributed by atoms with van der Waals surface area (Å²) in [6.07, 6.45) is 4.31. The van der Waals surface area contributed by atoms with Crippen molar-refractivity contribution >= 4 is 17.5 Å². The molecular formula is C19H19ClN4O2. The molecule has 0 saturated carbocycles. The van der Waals surface area contributed by atoms with Gasteiger partial charge in [0.1, 0.15) is 17.5 Å². The normalized spacial score (nSPS) is 15.0. The van der Waals surface area contributed by atoms with Crippen molar-refractivity contribution in [2.24, 2.45) is 0 Å². The average molecular weight is 371 g/mol. The second-order valence-corrected chi connectivity index (χ2v) is 7.06. The van der Waals surface area contributed by atoms with Crippen molar-refractivity contribution in [1.82, 2.24) is 19.8 Å². The van der Waals surface area contributed by atoms with Gasteiger partial charge in [-0.25, -0.2) is 0 Å². The Morgan fingerprint density at radius 1 is 1.31 bits per heavy atom. The Kier molecular flexibility index (Phi) is 4.28. The lowest BCUT2D eigenvalue weighted by molar-refractivity contribution is -0.135. The van der Waals surface area contributed by atoms with E-state index in [-0.39, 0.29) is 11.9 Å². The first-order chi connectivity index (χ1) is 12.5. The van der Waals surface area contributed by atoms with E-state index in [4.69, 9.17) is 16.1 Å². The van der Waals surface area contributed by atoms with E-state index in [0.717, 1.165) is 28.1 Å². The van der Waals surface area contributed by atoms with Gasteiger partial charge in [-0.1, -0.05) is 28.9 Å². The SMILES string of the molecule is Cc1cnn(C(C)C(=O)N2CCc3onc(-c4ccc(Cl)cc4)c3C2)c1. The molecule has 0 radical (unpaired) electrons. The number of nitrogens with zero attached hydrogens (tertiary/aromatic N) is 4. The molecule has 1 atom stereocenters. The lowest BCUT2D eigenvalue weighted by atomic mass is 10.0. The van der Waals surface area contributed by atoms with Crippen molar-refractivity contribution in [3.05, 3.63) is 58.6 Å². The fourth-order valence-corrected chi connectivity index (χ4v) is 3.38. The van der Waals surface area contributed by atoms with Crippen molar-refractivity contribution in [2.75, 3.05) is 6.54 Å². The zero-order chi connectivity index (χ0) is 18.3. The monoisotopic (exact) mass is 370 g/mol. The second kappa shape index (κ2) is 6.61. The summed E-state index contributed by atoms with van der Waals surface area (Å²) in [7, 11) is 0. The highest BCUT2D eigenvalue weighted by molar-refractivity contribution is 6.30. The number of aryl methyl sites for hydroxylation is 1. The van der Waals surface area contributed by atoms with E-state index in [1.54, 1.807) is 10.9 Å². The highest BCUT2D eigenvalue weighted by Gasteiger charge is 2.30. The third-order valence-electron chi connectivity index (χ3n) is 4.74. The van der Waals surface area contributed by atoms with Crippen molar-refractivity contribution in [3.8, 4) is 11.3 Å². The van der Waals surface area contributed by atoms with Crippen LogP contribution in [0.15, 0.2) is 41.2 Å². The Balaban J connectivity index is 1.58. The molecule has 1 aromatic carbocycles. The van der Waals surface area contributed by atoms with Crippen LogP contribution in [0.3, 0.4) is 0 Å². The summed E-state index contributed by atoms with van der Waals surface area (Å²) in [5.41, 5.74) is 3.71. The molecule has 134 valence electrons. The predicted octanol–water partition coefficient (Wildman–Crippen LogP) is 3.65. The molecule has 3 aromatic rings. The molecule has 4 rings (SSSR count). The summed E-state index contributed by atoms with van der Waals surface area (Å²) >= 11 is 5.97. The van der Waals surface area contributed by atoms with E-state index in [0.29, 0.717) is 24.5 Å². The highest BCUT2D eigenvalue weighted by atomic mass is 35.5. The van der Waals surface area contributed by atoms with Gasteiger partial charge in [-0.2, -0.15) is 5.10 Å². The van der Waals surface area contributed by atoms with Crippen molar-refractivity contribution < 1.29 is 9.32 Å². The van der Waals surface area contributed by atoms with Gasteiger partial charge in [0, 0.05) is 35.3 Å². The minimum absolute atomic E-state index is 0.0435. The number of amides is 1. The first-order valence-corrected chi connectivity index (χ1v) is 8.93. The quantitative estimate of drug-likeness (QED) is 0.706. The molecule has 0 bridgehead atoms. The third-order valence-corrected chi connectivity index (χ3v) is 4.99. The lowest BCUT2D eigenvalue weighted by Crippen LogP contribution is -2.39. The van der Waals surface area contributed by atoms with Gasteiger partial charge in [-0.05, 0) is 31.5 Å². The molecule has 1 amide bonds. The van der Waals surface area contributed by atoms with Crippen LogP contribution in [0.5, 0.6) is 0 Å². The van der Waals surface area contributed by atoms with Crippen LogP contribution in [0.2, 0.25) is 5.02 Å². The highest BCUT2D eigenvalue weighted by Crippen LogP contribution is 2.31. The number of fused-ring (bicyclic) bond motifs is 1. The van der Waals surface area contributed by atoms with Crippen LogP contribution in [0.25, 0.3) is 11.3 Å². The maximum atomic E-state index is 12.9. The van der Waals surface area contributed by atoms with E-state index in [9.17, 15) is 4.79 Å². The van der Waals surface area contributed by atoms with Crippen LogP contribution in [0, 0.1) is 6.92 Å². The van der Waals surface area contributed by atoms with Crippen LogP contribution in [-0.2, 0) is 17.8 Å². The van der Waals surface area contributed by atoms with Gasteiger partial charge >= 0.3 is 0 Å². The van der Waals surface area contributed by atoms with Crippen LogP contribution < -0.4 is 0 Å². The summed E-state index contributed by atoms with van der Waals surface area (Å²) in [4.78, 5) is 14.8. The fraction of sp³-hybridized carbons (Fsp3) is 0.316. The van der Waals surface area contributed by atoms with Gasteiger partial charge in [0.05, 0.1) is 12.7 Å². The van der Waals surface area contributed by atoms with Gasteiger partial charge in [0.15, 0.2) is 0 Å². The van der Waals surface area contributed by atoms with Crippen LogP contribution in [0.4, 0.5) is 0 Å². The smallest absolute Gasteiger partial charge is 0.247 e. The van der Waals surface area contributed by atoms with Gasteiger partial charge < -0.3 is 9.42 Å². The molecule has 0 fully saturated rings. The minimum Gasteiger partial charge on any atom is -0.360 e. The van der Waals surface area contributed by atoms with E-state index >= 15 is 0 Å². The molecular weight excluding hydrogens is 352 g/mol. The Morgan fingerprint density at radius 3 is 2.77 bits per heavy atom. The molecule has 0 N–H and O–H groups in total. The number of benzene rings is 1. The zero-order valence-corrected chi connectivity index (χ0v) is 15.4. The molecule has 2 aromatic heterocycles. The van der Waals surface area contributed by atoms with Crippen molar-refractivity contribution in [2.45, 2.75) is 32.9 Å². The van der Waals surface area contributed by atoms with Crippen molar-refractivity contribution in [3.63, 3.8) is 0 Å². The minimum atomic E-state index is -0.343. The number of aromatic nitrogens is 3. The zero-order valence-electron chi connectivity index (χ0n) is 14.6. The maximum absolute atomic E-state index is 12.9. The van der Waals surface area contributed by atoms with E-state index < -0.39 is 0 Å². The Hall–Kier alpha value is -2.60. The first-order valence-electron chi connectivity index (χ1n) is 8.56. The summed E-state index contributed by atoms with van der Waals surface area (Å²) < 4.78 is 7.22. The van der Waals surface area contributed by atoms with Gasteiger partial charge in [0.2, 0.25) is 5.91 Å². The molecule has 1 aliphatic heterocycles. The summed E-state index contributed by atoms with van der Waals surface area (Å²) in [6, 6.07) is 7.13. The van der Waals surface area contributed by atoms with Crippen LogP contribution >= 0.6 is 11.6 Å².